The third-order valence-electron chi connectivity index (χ3n) is 4.44. The Morgan fingerprint density at radius 3 is 2.40 bits per heavy atom. The van der Waals surface area contributed by atoms with Gasteiger partial charge in [0, 0.05) is 18.0 Å². The van der Waals surface area contributed by atoms with Gasteiger partial charge in [0.2, 0.25) is 0 Å². The fraction of sp³-hybridized carbons (Fsp3) is 0.312. The minimum Gasteiger partial charge on any atom is -0.481 e. The quantitative estimate of drug-likeness (QED) is 0.926. The molecular formula is C16H16N2O2. The molecule has 1 fully saturated rings. The van der Waals surface area contributed by atoms with Crippen LogP contribution in [0.15, 0.2) is 48.8 Å². The minimum absolute atomic E-state index is 0.00963. The minimum atomic E-state index is -0.726. The average Bonchev–Trinajstić information content (AvgIpc) is 3.19. The topological polar surface area (TPSA) is 63.1 Å². The highest BCUT2D eigenvalue weighted by Crippen LogP contribution is 2.71. The summed E-state index contributed by atoms with van der Waals surface area (Å²) in [6.07, 6.45) is 3.91. The molecule has 1 aromatic carbocycles. The first-order valence-corrected chi connectivity index (χ1v) is 6.76. The van der Waals surface area contributed by atoms with Crippen molar-refractivity contribution in [2.24, 2.45) is 5.41 Å². The molecule has 0 aliphatic heterocycles. The molecule has 4 nitrogen and oxygen atoms in total. The maximum atomic E-state index is 11.8. The van der Waals surface area contributed by atoms with Crippen LogP contribution in [0.4, 0.5) is 0 Å². The Labute approximate surface area is 117 Å². The normalized spacial score (nSPS) is 28.1. The molecule has 1 heterocycles. The maximum Gasteiger partial charge on any atom is 0.310 e. The Kier molecular flexibility index (Phi) is 3.01. The molecule has 0 unspecified atom stereocenters. The maximum absolute atomic E-state index is 11.8. The summed E-state index contributed by atoms with van der Waals surface area (Å²) in [5, 5.41) is 17.4. The van der Waals surface area contributed by atoms with E-state index in [-0.39, 0.29) is 11.8 Å². The number of hydrogen-bond donors (Lipinski definition) is 1. The highest BCUT2D eigenvalue weighted by atomic mass is 16.4. The summed E-state index contributed by atoms with van der Waals surface area (Å²) in [6.45, 7) is 1.94. The van der Waals surface area contributed by atoms with Crippen molar-refractivity contribution in [3.8, 4) is 0 Å². The molecule has 1 N–H and O–H groups in total. The van der Waals surface area contributed by atoms with Gasteiger partial charge in [-0.15, -0.1) is 0 Å². The van der Waals surface area contributed by atoms with E-state index in [0.717, 1.165) is 11.1 Å². The van der Waals surface area contributed by atoms with Crippen LogP contribution in [-0.2, 0) is 4.79 Å². The zero-order chi connectivity index (χ0) is 14.2. The fourth-order valence-corrected chi connectivity index (χ4v) is 3.42. The molecule has 1 aromatic heterocycles. The molecule has 2 aromatic rings. The molecule has 0 amide bonds. The van der Waals surface area contributed by atoms with Crippen molar-refractivity contribution < 1.29 is 9.90 Å². The van der Waals surface area contributed by atoms with Crippen molar-refractivity contribution in [1.29, 1.82) is 0 Å². The van der Waals surface area contributed by atoms with Crippen molar-refractivity contribution in [2.75, 3.05) is 0 Å². The molecule has 0 radical (unpaired) electrons. The predicted octanol–water partition coefficient (Wildman–Crippen LogP) is 2.84. The lowest BCUT2D eigenvalue weighted by molar-refractivity contribution is -0.143. The second-order valence-electron chi connectivity index (χ2n) is 5.24. The summed E-state index contributed by atoms with van der Waals surface area (Å²) in [5.74, 6) is -0.742. The Bertz CT molecular complexity index is 567. The van der Waals surface area contributed by atoms with Crippen molar-refractivity contribution in [2.45, 2.75) is 25.2 Å². The van der Waals surface area contributed by atoms with E-state index in [1.807, 2.05) is 43.3 Å². The largest absolute Gasteiger partial charge is 0.481 e. The van der Waals surface area contributed by atoms with E-state index in [2.05, 4.69) is 10.2 Å². The number of nitrogens with zero attached hydrogens (tertiary/aromatic N) is 2. The standard InChI is InChI=1S/C16H16N2O2/c1-2-16(15(19)20)13(11-6-4-3-5-7-11)14(16)12-8-9-17-18-10-12/h3-10,13-14H,2H2,1H3,(H,19,20)/t13-,14-,16+/m0/s1. The van der Waals surface area contributed by atoms with Gasteiger partial charge in [-0.3, -0.25) is 4.79 Å². The highest BCUT2D eigenvalue weighted by Gasteiger charge is 2.69. The second kappa shape index (κ2) is 4.71. The summed E-state index contributed by atoms with van der Waals surface area (Å²) in [4.78, 5) is 11.8. The van der Waals surface area contributed by atoms with Crippen molar-refractivity contribution in [3.63, 3.8) is 0 Å². The number of carboxylic acids is 1. The molecule has 102 valence electrons. The Morgan fingerprint density at radius 1 is 1.15 bits per heavy atom. The van der Waals surface area contributed by atoms with Crippen LogP contribution in [0, 0.1) is 5.41 Å². The van der Waals surface area contributed by atoms with Gasteiger partial charge in [0.25, 0.3) is 0 Å². The van der Waals surface area contributed by atoms with E-state index >= 15 is 0 Å². The smallest absolute Gasteiger partial charge is 0.310 e. The third kappa shape index (κ3) is 1.72. The SMILES string of the molecule is CC[C@@]1(C(=O)O)[C@@H](c2ccccc2)[C@@H]1c1ccnnc1. The first-order chi connectivity index (χ1) is 9.71. The van der Waals surface area contributed by atoms with Crippen LogP contribution in [-0.4, -0.2) is 21.3 Å². The van der Waals surface area contributed by atoms with E-state index in [4.69, 9.17) is 0 Å². The lowest BCUT2D eigenvalue weighted by Crippen LogP contribution is -2.17. The Balaban J connectivity index is 2.06. The first-order valence-electron chi connectivity index (χ1n) is 6.76. The van der Waals surface area contributed by atoms with Gasteiger partial charge in [0.15, 0.2) is 0 Å². The third-order valence-corrected chi connectivity index (χ3v) is 4.44. The summed E-state index contributed by atoms with van der Waals surface area (Å²) in [5.41, 5.74) is 1.32. The molecule has 0 spiro atoms. The lowest BCUT2D eigenvalue weighted by Gasteiger charge is -2.09. The highest BCUT2D eigenvalue weighted by molar-refractivity contribution is 5.83. The van der Waals surface area contributed by atoms with Gasteiger partial charge in [0.1, 0.15) is 0 Å². The van der Waals surface area contributed by atoms with Gasteiger partial charge in [-0.1, -0.05) is 37.3 Å². The van der Waals surface area contributed by atoms with Crippen LogP contribution in [0.1, 0.15) is 36.3 Å². The number of rotatable bonds is 4. The summed E-state index contributed by atoms with van der Waals surface area (Å²) in [6, 6.07) is 11.7. The van der Waals surface area contributed by atoms with Gasteiger partial charge in [-0.2, -0.15) is 10.2 Å². The fourth-order valence-electron chi connectivity index (χ4n) is 3.42. The first kappa shape index (κ1) is 12.8. The van der Waals surface area contributed by atoms with Gasteiger partial charge in [-0.05, 0) is 23.6 Å². The summed E-state index contributed by atoms with van der Waals surface area (Å²) in [7, 11) is 0. The summed E-state index contributed by atoms with van der Waals surface area (Å²) < 4.78 is 0. The Morgan fingerprint density at radius 2 is 1.85 bits per heavy atom. The molecule has 3 atom stereocenters. The van der Waals surface area contributed by atoms with Crippen LogP contribution in [0.5, 0.6) is 0 Å². The number of carbonyl (C=O) groups is 1. The zero-order valence-electron chi connectivity index (χ0n) is 11.2. The second-order valence-corrected chi connectivity index (χ2v) is 5.24. The van der Waals surface area contributed by atoms with Crippen LogP contribution >= 0.6 is 0 Å². The molecule has 1 aliphatic rings. The van der Waals surface area contributed by atoms with Crippen LogP contribution in [0.3, 0.4) is 0 Å². The average molecular weight is 268 g/mol. The van der Waals surface area contributed by atoms with Crippen LogP contribution in [0.25, 0.3) is 0 Å². The number of benzene rings is 1. The van der Waals surface area contributed by atoms with E-state index in [1.165, 1.54) is 0 Å². The van der Waals surface area contributed by atoms with Crippen LogP contribution < -0.4 is 0 Å². The van der Waals surface area contributed by atoms with Gasteiger partial charge in [-0.25, -0.2) is 0 Å². The zero-order valence-corrected chi connectivity index (χ0v) is 11.2. The van der Waals surface area contributed by atoms with Gasteiger partial charge >= 0.3 is 5.97 Å². The van der Waals surface area contributed by atoms with E-state index < -0.39 is 11.4 Å². The van der Waals surface area contributed by atoms with E-state index in [0.29, 0.717) is 6.42 Å². The molecule has 20 heavy (non-hydrogen) atoms. The van der Waals surface area contributed by atoms with E-state index in [9.17, 15) is 9.90 Å². The Hall–Kier alpha value is -2.23. The molecule has 1 saturated carbocycles. The van der Waals surface area contributed by atoms with E-state index in [1.54, 1.807) is 12.4 Å². The van der Waals surface area contributed by atoms with Crippen molar-refractivity contribution in [1.82, 2.24) is 10.2 Å². The molecule has 1 aliphatic carbocycles. The van der Waals surface area contributed by atoms with Crippen molar-refractivity contribution >= 4 is 5.97 Å². The van der Waals surface area contributed by atoms with Crippen LogP contribution in [0.2, 0.25) is 0 Å². The molecule has 0 bridgehead atoms. The molecular weight excluding hydrogens is 252 g/mol. The monoisotopic (exact) mass is 268 g/mol. The molecule has 4 heteroatoms. The molecule has 3 rings (SSSR count). The number of aromatic nitrogens is 2. The summed E-state index contributed by atoms with van der Waals surface area (Å²) >= 11 is 0. The number of carboxylic acid groups (broad SMARTS) is 1. The number of hydrogen-bond acceptors (Lipinski definition) is 3. The molecule has 0 saturated heterocycles. The van der Waals surface area contributed by atoms with Gasteiger partial charge in [0.05, 0.1) is 11.6 Å². The van der Waals surface area contributed by atoms with Gasteiger partial charge < -0.3 is 5.11 Å². The van der Waals surface area contributed by atoms with Crippen molar-refractivity contribution in [3.05, 3.63) is 59.9 Å². The number of aliphatic carboxylic acids is 1. The lowest BCUT2D eigenvalue weighted by atomic mass is 9.95. The predicted molar refractivity (Wildman–Crippen MR) is 74.3 cm³/mol.